The van der Waals surface area contributed by atoms with Gasteiger partial charge < -0.3 is 39.7 Å². The first-order chi connectivity index (χ1) is 30.9. The Hall–Kier alpha value is -8.59. The molecule has 1 heterocycles. The van der Waals surface area contributed by atoms with Gasteiger partial charge in [0.15, 0.2) is 0 Å². The topological polar surface area (TPSA) is 223 Å². The van der Waals surface area contributed by atoms with Gasteiger partial charge in [0.05, 0.1) is 33.9 Å². The highest BCUT2D eigenvalue weighted by Gasteiger charge is 2.35. The number of esters is 3. The summed E-state index contributed by atoms with van der Waals surface area (Å²) in [6.45, 7) is 0.132. The van der Waals surface area contributed by atoms with Gasteiger partial charge >= 0.3 is 23.9 Å². The first-order valence-corrected chi connectivity index (χ1v) is 19.9. The number of carbonyl (C=O) groups is 7. The second kappa shape index (κ2) is 19.4. The molecular formula is C49H38N2O13. The van der Waals surface area contributed by atoms with Crippen LogP contribution in [0, 0.1) is 0 Å². The van der Waals surface area contributed by atoms with Crippen LogP contribution in [0.15, 0.2) is 146 Å². The summed E-state index contributed by atoms with van der Waals surface area (Å²) in [5, 5.41) is 34.6. The van der Waals surface area contributed by atoms with Crippen molar-refractivity contribution in [3.05, 3.63) is 190 Å². The summed E-state index contributed by atoms with van der Waals surface area (Å²) >= 11 is 0. The highest BCUT2D eigenvalue weighted by Crippen LogP contribution is 2.36. The molecule has 2 atom stereocenters. The predicted molar refractivity (Wildman–Crippen MR) is 228 cm³/mol. The standard InChI is InChI=1S/C49H38N2O13/c52-37-19-10-18-35(46(57)58)41(37)43(54)42-38(53)26-33(27-40(42)64-48(60)32-16-8-3-9-17-32)49(61)63-39-20-11-25-51(45(56)30-12-4-1-5-13-30)28-36(39)50-44(55)29-21-23-34(24-22-29)62-47(59)31-14-6-2-7-15-31/h1-10,12-19,21-24,26-27,36,39,52-53H,11,20,25,28H2,(H,50,55)(H,57,58)/t36-,39-/m1/s1. The first kappa shape index (κ1) is 43.5. The lowest BCUT2D eigenvalue weighted by atomic mass is 9.95. The average molecular weight is 863 g/mol. The zero-order valence-corrected chi connectivity index (χ0v) is 33.7. The van der Waals surface area contributed by atoms with Crippen molar-refractivity contribution in [2.24, 2.45) is 0 Å². The van der Waals surface area contributed by atoms with E-state index < -0.39 is 87.2 Å². The van der Waals surface area contributed by atoms with Gasteiger partial charge in [-0.3, -0.25) is 14.4 Å². The molecule has 4 N–H and O–H groups in total. The lowest BCUT2D eigenvalue weighted by molar-refractivity contribution is 0.0176. The average Bonchev–Trinajstić information content (AvgIpc) is 3.50. The van der Waals surface area contributed by atoms with Gasteiger partial charge in [0.1, 0.15) is 34.7 Å². The van der Waals surface area contributed by atoms with Crippen LogP contribution in [0.1, 0.15) is 90.9 Å². The SMILES string of the molecule is O=C(N[C@@H]1CN(C(=O)c2ccccc2)CCC[C@H]1OC(=O)c1cc(O)c(C(=O)c2c(O)cccc2C(=O)O)c(OC(=O)c2ccccc2)c1)c1ccc(OC(=O)c2ccccc2)cc1. The second-order valence-electron chi connectivity index (χ2n) is 14.5. The normalized spacial score (nSPS) is 14.6. The number of ketones is 1. The Morgan fingerprint density at radius 1 is 0.578 bits per heavy atom. The summed E-state index contributed by atoms with van der Waals surface area (Å²) < 4.78 is 17.0. The third-order valence-electron chi connectivity index (χ3n) is 10.3. The van der Waals surface area contributed by atoms with E-state index in [1.807, 2.05) is 0 Å². The number of hydrogen-bond acceptors (Lipinski definition) is 12. The first-order valence-electron chi connectivity index (χ1n) is 19.9. The summed E-state index contributed by atoms with van der Waals surface area (Å²) in [6.07, 6.45) is -0.614. The zero-order valence-electron chi connectivity index (χ0n) is 33.7. The van der Waals surface area contributed by atoms with Crippen LogP contribution in [0.25, 0.3) is 0 Å². The third kappa shape index (κ3) is 9.95. The highest BCUT2D eigenvalue weighted by atomic mass is 16.6. The van der Waals surface area contributed by atoms with Gasteiger partial charge in [0.2, 0.25) is 5.78 Å². The van der Waals surface area contributed by atoms with E-state index in [2.05, 4.69) is 5.32 Å². The minimum Gasteiger partial charge on any atom is -0.507 e. The van der Waals surface area contributed by atoms with Gasteiger partial charge in [0, 0.05) is 24.2 Å². The fourth-order valence-electron chi connectivity index (χ4n) is 7.07. The van der Waals surface area contributed by atoms with E-state index in [-0.39, 0.29) is 42.3 Å². The largest absolute Gasteiger partial charge is 0.507 e. The van der Waals surface area contributed by atoms with Crippen molar-refractivity contribution in [3.63, 3.8) is 0 Å². The van der Waals surface area contributed by atoms with E-state index in [9.17, 15) is 48.9 Å². The Labute approximate surface area is 365 Å². The van der Waals surface area contributed by atoms with Gasteiger partial charge in [-0.2, -0.15) is 0 Å². The van der Waals surface area contributed by atoms with Crippen LogP contribution in [0.3, 0.4) is 0 Å². The van der Waals surface area contributed by atoms with Gasteiger partial charge in [-0.05, 0) is 97.8 Å². The number of carbonyl (C=O) groups excluding carboxylic acids is 6. The van der Waals surface area contributed by atoms with Crippen molar-refractivity contribution in [1.29, 1.82) is 0 Å². The maximum atomic E-state index is 14.1. The Bertz CT molecular complexity index is 2740. The molecule has 2 amide bonds. The molecule has 1 fully saturated rings. The number of phenols is 2. The third-order valence-corrected chi connectivity index (χ3v) is 10.3. The maximum absolute atomic E-state index is 14.1. The van der Waals surface area contributed by atoms with E-state index in [0.29, 0.717) is 17.5 Å². The van der Waals surface area contributed by atoms with Crippen molar-refractivity contribution >= 4 is 41.5 Å². The fourth-order valence-corrected chi connectivity index (χ4v) is 7.07. The quantitative estimate of drug-likeness (QED) is 0.0570. The molecule has 6 aromatic rings. The molecule has 15 heteroatoms. The minimum atomic E-state index is -1.57. The number of benzene rings is 6. The molecule has 1 aliphatic heterocycles. The van der Waals surface area contributed by atoms with Crippen molar-refractivity contribution in [2.75, 3.05) is 13.1 Å². The van der Waals surface area contributed by atoms with E-state index in [1.54, 1.807) is 78.9 Å². The van der Waals surface area contributed by atoms with Crippen molar-refractivity contribution in [2.45, 2.75) is 25.0 Å². The summed E-state index contributed by atoms with van der Waals surface area (Å²) in [4.78, 5) is 95.1. The molecule has 7 rings (SSSR count). The Balaban J connectivity index is 1.18. The number of amides is 2. The Morgan fingerprint density at radius 2 is 1.17 bits per heavy atom. The number of likely N-dealkylation sites (tertiary alicyclic amines) is 1. The summed E-state index contributed by atoms with van der Waals surface area (Å²) in [5.74, 6) is -8.57. The summed E-state index contributed by atoms with van der Waals surface area (Å²) in [5.41, 5.74) is -1.57. The van der Waals surface area contributed by atoms with Crippen LogP contribution in [0.2, 0.25) is 0 Å². The lowest BCUT2D eigenvalue weighted by Crippen LogP contribution is -2.51. The summed E-state index contributed by atoms with van der Waals surface area (Å²) in [7, 11) is 0. The van der Waals surface area contributed by atoms with E-state index in [4.69, 9.17) is 14.2 Å². The number of carboxylic acid groups (broad SMARTS) is 1. The number of rotatable bonds is 12. The van der Waals surface area contributed by atoms with Gasteiger partial charge in [0.25, 0.3) is 11.8 Å². The van der Waals surface area contributed by atoms with Gasteiger partial charge in [-0.15, -0.1) is 0 Å². The number of hydrogen-bond donors (Lipinski definition) is 4. The smallest absolute Gasteiger partial charge is 0.343 e. The number of phenolic OH excluding ortho intramolecular Hbond substituents is 2. The number of aromatic carboxylic acids is 1. The number of aromatic hydroxyl groups is 2. The number of nitrogens with zero attached hydrogens (tertiary/aromatic N) is 1. The highest BCUT2D eigenvalue weighted by molar-refractivity contribution is 6.19. The molecule has 0 radical (unpaired) electrons. The second-order valence-corrected chi connectivity index (χ2v) is 14.5. The molecule has 0 bridgehead atoms. The van der Waals surface area contributed by atoms with Crippen LogP contribution in [0.4, 0.5) is 0 Å². The molecular weight excluding hydrogens is 825 g/mol. The van der Waals surface area contributed by atoms with E-state index in [0.717, 1.165) is 24.3 Å². The van der Waals surface area contributed by atoms with Crippen molar-refractivity contribution in [1.82, 2.24) is 10.2 Å². The number of carboxylic acids is 1. The lowest BCUT2D eigenvalue weighted by Gasteiger charge is -2.29. The zero-order chi connectivity index (χ0) is 45.3. The molecule has 0 unspecified atom stereocenters. The monoisotopic (exact) mass is 862 g/mol. The molecule has 0 spiro atoms. The molecule has 1 saturated heterocycles. The fraction of sp³-hybridized carbons (Fsp3) is 0.122. The predicted octanol–water partition coefficient (Wildman–Crippen LogP) is 6.73. The molecule has 1 aliphatic rings. The van der Waals surface area contributed by atoms with Gasteiger partial charge in [-0.1, -0.05) is 60.7 Å². The van der Waals surface area contributed by atoms with E-state index >= 15 is 0 Å². The molecule has 15 nitrogen and oxygen atoms in total. The van der Waals surface area contributed by atoms with Crippen LogP contribution < -0.4 is 14.8 Å². The molecule has 0 aliphatic carbocycles. The van der Waals surface area contributed by atoms with Crippen LogP contribution >= 0.6 is 0 Å². The van der Waals surface area contributed by atoms with Crippen LogP contribution in [0.5, 0.6) is 23.0 Å². The molecule has 0 aromatic heterocycles. The molecule has 6 aromatic carbocycles. The molecule has 322 valence electrons. The van der Waals surface area contributed by atoms with Crippen molar-refractivity contribution in [3.8, 4) is 23.0 Å². The van der Waals surface area contributed by atoms with Crippen LogP contribution in [-0.2, 0) is 4.74 Å². The summed E-state index contributed by atoms with van der Waals surface area (Å²) in [6, 6.07) is 34.3. The van der Waals surface area contributed by atoms with Crippen molar-refractivity contribution < 1.29 is 63.1 Å². The maximum Gasteiger partial charge on any atom is 0.343 e. The molecule has 64 heavy (non-hydrogen) atoms. The van der Waals surface area contributed by atoms with Crippen LogP contribution in [-0.4, -0.2) is 86.9 Å². The number of ether oxygens (including phenoxy) is 3. The van der Waals surface area contributed by atoms with Gasteiger partial charge in [-0.25, -0.2) is 19.2 Å². The molecule has 0 saturated carbocycles. The Kier molecular flexibility index (Phi) is 13.2. The number of nitrogens with one attached hydrogen (secondary N) is 1. The minimum absolute atomic E-state index is 0.0247. The van der Waals surface area contributed by atoms with E-state index in [1.165, 1.54) is 47.4 Å². The Morgan fingerprint density at radius 3 is 1.78 bits per heavy atom.